The van der Waals surface area contributed by atoms with Crippen molar-refractivity contribution in [3.63, 3.8) is 0 Å². The van der Waals surface area contributed by atoms with Crippen molar-refractivity contribution in [3.8, 4) is 0 Å². The lowest BCUT2D eigenvalue weighted by Gasteiger charge is -1.98. The predicted molar refractivity (Wildman–Crippen MR) is 51.2 cm³/mol. The monoisotopic (exact) mass is 180 g/mol. The molecule has 0 unspecified atom stereocenters. The number of carbonyl (C=O) groups excluding carboxylic acids is 1. The number of halogens is 1. The van der Waals surface area contributed by atoms with Gasteiger partial charge < -0.3 is 0 Å². The molecule has 0 heterocycles. The quantitative estimate of drug-likeness (QED) is 0.505. The van der Waals surface area contributed by atoms with Gasteiger partial charge in [0.25, 0.3) is 0 Å². The van der Waals surface area contributed by atoms with Crippen LogP contribution in [-0.2, 0) is 4.79 Å². The Bertz CT molecular complexity index is 298. The summed E-state index contributed by atoms with van der Waals surface area (Å²) < 4.78 is 0. The lowest BCUT2D eigenvalue weighted by Crippen LogP contribution is -1.78. The number of hydrogen-bond donors (Lipinski definition) is 0. The van der Waals surface area contributed by atoms with Gasteiger partial charge in [-0.05, 0) is 36.3 Å². The van der Waals surface area contributed by atoms with Crippen molar-refractivity contribution in [1.82, 2.24) is 0 Å². The van der Waals surface area contributed by atoms with Gasteiger partial charge in [0.05, 0.1) is 0 Å². The molecule has 0 aromatic heterocycles. The second kappa shape index (κ2) is 4.07. The highest BCUT2D eigenvalue weighted by Crippen LogP contribution is 2.16. The van der Waals surface area contributed by atoms with E-state index in [9.17, 15) is 4.79 Å². The van der Waals surface area contributed by atoms with Crippen LogP contribution in [0.5, 0.6) is 0 Å². The largest absolute Gasteiger partial charge is 0.299 e. The maximum absolute atomic E-state index is 10.2. The maximum atomic E-state index is 10.2. The molecule has 0 amide bonds. The summed E-state index contributed by atoms with van der Waals surface area (Å²) in [4.78, 5) is 10.2. The van der Waals surface area contributed by atoms with Crippen LogP contribution in [0.3, 0.4) is 0 Å². The highest BCUT2D eigenvalue weighted by molar-refractivity contribution is 6.30. The first-order valence-corrected chi connectivity index (χ1v) is 4.00. The Hall–Kier alpha value is -1.08. The number of rotatable bonds is 2. The molecule has 0 atom stereocenters. The third-order valence-corrected chi connectivity index (χ3v) is 1.87. The Morgan fingerprint density at radius 1 is 1.33 bits per heavy atom. The first-order valence-electron chi connectivity index (χ1n) is 3.62. The molecule has 1 aromatic carbocycles. The fourth-order valence-electron chi connectivity index (χ4n) is 0.911. The minimum atomic E-state index is 0.706. The van der Waals surface area contributed by atoms with Crippen molar-refractivity contribution in [3.05, 3.63) is 40.9 Å². The van der Waals surface area contributed by atoms with E-state index >= 15 is 0 Å². The van der Waals surface area contributed by atoms with Crippen LogP contribution in [0, 0.1) is 0 Å². The van der Waals surface area contributed by atoms with E-state index in [2.05, 4.69) is 0 Å². The van der Waals surface area contributed by atoms with Gasteiger partial charge >= 0.3 is 0 Å². The van der Waals surface area contributed by atoms with E-state index < -0.39 is 0 Å². The van der Waals surface area contributed by atoms with E-state index in [0.29, 0.717) is 5.02 Å². The number of carbonyl (C=O) groups is 1. The Morgan fingerprint density at radius 3 is 2.42 bits per heavy atom. The first-order chi connectivity index (χ1) is 5.74. The molecule has 1 aromatic rings. The standard InChI is InChI=1S/C10H9ClO/c1-8(6-7-12)9-2-4-10(11)5-3-9/h2-7H,1H3/b8-6+. The molecule has 0 N–H and O–H groups in total. The predicted octanol–water partition coefficient (Wildman–Crippen LogP) is 2.94. The smallest absolute Gasteiger partial charge is 0.143 e. The molecule has 0 saturated heterocycles. The summed E-state index contributed by atoms with van der Waals surface area (Å²) in [6, 6.07) is 7.38. The zero-order chi connectivity index (χ0) is 8.97. The Kier molecular flexibility index (Phi) is 3.06. The SMILES string of the molecule is C/C(=C\C=O)c1ccc(Cl)cc1. The van der Waals surface area contributed by atoms with Crippen LogP contribution in [0.2, 0.25) is 5.02 Å². The third kappa shape index (κ3) is 2.21. The molecule has 0 aliphatic rings. The van der Waals surface area contributed by atoms with Gasteiger partial charge in [-0.3, -0.25) is 4.79 Å². The zero-order valence-electron chi connectivity index (χ0n) is 6.75. The fourth-order valence-corrected chi connectivity index (χ4v) is 1.04. The summed E-state index contributed by atoms with van der Waals surface area (Å²) in [6.45, 7) is 1.89. The number of allylic oxidation sites excluding steroid dienone is 2. The third-order valence-electron chi connectivity index (χ3n) is 1.62. The highest BCUT2D eigenvalue weighted by Gasteiger charge is 1.93. The average Bonchev–Trinajstić information content (AvgIpc) is 2.06. The molecule has 0 fully saturated rings. The Balaban J connectivity index is 2.97. The first kappa shape index (κ1) is 9.01. The molecule has 0 aliphatic heterocycles. The van der Waals surface area contributed by atoms with Crippen molar-refractivity contribution < 1.29 is 4.79 Å². The van der Waals surface area contributed by atoms with Gasteiger partial charge in [0.15, 0.2) is 0 Å². The summed E-state index contributed by atoms with van der Waals surface area (Å²) in [5.74, 6) is 0. The van der Waals surface area contributed by atoms with Crippen LogP contribution >= 0.6 is 11.6 Å². The molecule has 0 spiro atoms. The highest BCUT2D eigenvalue weighted by atomic mass is 35.5. The molecule has 0 aliphatic carbocycles. The van der Waals surface area contributed by atoms with Crippen molar-refractivity contribution in [1.29, 1.82) is 0 Å². The van der Waals surface area contributed by atoms with Crippen LogP contribution in [0.1, 0.15) is 12.5 Å². The van der Waals surface area contributed by atoms with Crippen molar-refractivity contribution in [2.24, 2.45) is 0 Å². The summed E-state index contributed by atoms with van der Waals surface area (Å²) in [5, 5.41) is 0.706. The van der Waals surface area contributed by atoms with E-state index in [1.165, 1.54) is 6.08 Å². The van der Waals surface area contributed by atoms with Crippen molar-refractivity contribution in [2.45, 2.75) is 6.92 Å². The van der Waals surface area contributed by atoms with Gasteiger partial charge in [-0.15, -0.1) is 0 Å². The van der Waals surface area contributed by atoms with Gasteiger partial charge in [-0.25, -0.2) is 0 Å². The van der Waals surface area contributed by atoms with Crippen LogP contribution in [0.4, 0.5) is 0 Å². The molecular weight excluding hydrogens is 172 g/mol. The van der Waals surface area contributed by atoms with E-state index in [-0.39, 0.29) is 0 Å². The van der Waals surface area contributed by atoms with Crippen LogP contribution in [0.15, 0.2) is 30.3 Å². The zero-order valence-corrected chi connectivity index (χ0v) is 7.51. The molecule has 1 nitrogen and oxygen atoms in total. The normalized spacial score (nSPS) is 11.3. The molecule has 1 rings (SSSR count). The van der Waals surface area contributed by atoms with E-state index in [1.54, 1.807) is 12.1 Å². The number of benzene rings is 1. The van der Waals surface area contributed by atoms with Gasteiger partial charge in [-0.1, -0.05) is 23.7 Å². The molecule has 12 heavy (non-hydrogen) atoms. The van der Waals surface area contributed by atoms with Gasteiger partial charge in [0.2, 0.25) is 0 Å². The summed E-state index contributed by atoms with van der Waals surface area (Å²) >= 11 is 5.70. The van der Waals surface area contributed by atoms with Gasteiger partial charge in [-0.2, -0.15) is 0 Å². The minimum absolute atomic E-state index is 0.706. The van der Waals surface area contributed by atoms with Crippen LogP contribution in [-0.4, -0.2) is 6.29 Å². The lowest BCUT2D eigenvalue weighted by atomic mass is 10.1. The van der Waals surface area contributed by atoms with Crippen molar-refractivity contribution in [2.75, 3.05) is 0 Å². The summed E-state index contributed by atoms with van der Waals surface area (Å²) in [5.41, 5.74) is 1.97. The molecule has 62 valence electrons. The van der Waals surface area contributed by atoms with E-state index in [0.717, 1.165) is 17.4 Å². The second-order valence-corrected chi connectivity index (χ2v) is 2.93. The number of aldehydes is 1. The topological polar surface area (TPSA) is 17.1 Å². The number of hydrogen-bond acceptors (Lipinski definition) is 1. The van der Waals surface area contributed by atoms with Crippen LogP contribution < -0.4 is 0 Å². The summed E-state index contributed by atoms with van der Waals surface area (Å²) in [6.07, 6.45) is 2.31. The molecule has 0 bridgehead atoms. The van der Waals surface area contributed by atoms with Crippen molar-refractivity contribution >= 4 is 23.5 Å². The lowest BCUT2D eigenvalue weighted by molar-refractivity contribution is -0.104. The minimum Gasteiger partial charge on any atom is -0.299 e. The second-order valence-electron chi connectivity index (χ2n) is 2.49. The fraction of sp³-hybridized carbons (Fsp3) is 0.100. The van der Waals surface area contributed by atoms with E-state index in [1.807, 2.05) is 19.1 Å². The molecule has 0 saturated carbocycles. The average molecular weight is 181 g/mol. The maximum Gasteiger partial charge on any atom is 0.143 e. The Morgan fingerprint density at radius 2 is 1.92 bits per heavy atom. The van der Waals surface area contributed by atoms with Gasteiger partial charge in [0, 0.05) is 5.02 Å². The molecule has 0 radical (unpaired) electrons. The molecule has 2 heteroatoms. The van der Waals surface area contributed by atoms with Crippen LogP contribution in [0.25, 0.3) is 5.57 Å². The van der Waals surface area contributed by atoms with Gasteiger partial charge in [0.1, 0.15) is 6.29 Å². The molecular formula is C10H9ClO. The van der Waals surface area contributed by atoms with E-state index in [4.69, 9.17) is 11.6 Å². The Labute approximate surface area is 76.7 Å². The summed E-state index contributed by atoms with van der Waals surface area (Å²) in [7, 11) is 0.